The lowest BCUT2D eigenvalue weighted by Gasteiger charge is -2.16. The lowest BCUT2D eigenvalue weighted by atomic mass is 10.4. The van der Waals surface area contributed by atoms with Gasteiger partial charge in [-0.2, -0.15) is 0 Å². The molecule has 1 rings (SSSR count). The van der Waals surface area contributed by atoms with Crippen LogP contribution in [0.5, 0.6) is 0 Å². The number of hydrogen-bond donors (Lipinski definition) is 1. The highest BCUT2D eigenvalue weighted by Crippen LogP contribution is 2.16. The molecule has 1 heterocycles. The number of nitrogen functional groups attached to an aromatic ring is 1. The van der Waals surface area contributed by atoms with E-state index in [4.69, 9.17) is 10.5 Å². The quantitative estimate of drug-likeness (QED) is 0.751. The minimum atomic E-state index is -0.447. The molecule has 0 fully saturated rings. The Labute approximate surface area is 114 Å². The van der Waals surface area contributed by atoms with Gasteiger partial charge in [0, 0.05) is 19.5 Å². The van der Waals surface area contributed by atoms with E-state index in [-0.39, 0.29) is 5.69 Å². The molecule has 0 aliphatic carbocycles. The number of ether oxygens (including phenoxy) is 1. The molecule has 0 unspecified atom stereocenters. The second-order valence-corrected chi connectivity index (χ2v) is 4.38. The minimum absolute atomic E-state index is 0.234. The van der Waals surface area contributed by atoms with Crippen LogP contribution in [0.15, 0.2) is 0 Å². The predicted molar refractivity (Wildman–Crippen MR) is 75.1 cm³/mol. The summed E-state index contributed by atoms with van der Waals surface area (Å²) < 4.78 is 6.86. The van der Waals surface area contributed by atoms with Crippen LogP contribution in [-0.4, -0.2) is 47.2 Å². The van der Waals surface area contributed by atoms with Crippen molar-refractivity contribution in [3.8, 4) is 0 Å². The van der Waals surface area contributed by atoms with Crippen LogP contribution in [0, 0.1) is 0 Å². The molecular formula is C13H24N4O2. The number of aryl methyl sites for hydroxylation is 1. The first kappa shape index (κ1) is 15.5. The highest BCUT2D eigenvalue weighted by Gasteiger charge is 2.20. The summed E-state index contributed by atoms with van der Waals surface area (Å²) in [5.41, 5.74) is 6.25. The van der Waals surface area contributed by atoms with Gasteiger partial charge in [-0.25, -0.2) is 9.78 Å². The van der Waals surface area contributed by atoms with Crippen molar-refractivity contribution in [2.45, 2.75) is 33.7 Å². The van der Waals surface area contributed by atoms with Crippen LogP contribution in [-0.2, 0) is 17.7 Å². The maximum absolute atomic E-state index is 11.8. The summed E-state index contributed by atoms with van der Waals surface area (Å²) in [4.78, 5) is 18.2. The molecule has 0 saturated carbocycles. The average Bonchev–Trinajstić information content (AvgIpc) is 2.72. The Kier molecular flexibility index (Phi) is 5.82. The van der Waals surface area contributed by atoms with Crippen molar-refractivity contribution in [2.75, 3.05) is 32.5 Å². The molecule has 2 N–H and O–H groups in total. The summed E-state index contributed by atoms with van der Waals surface area (Å²) in [6, 6.07) is 0. The number of nitrogens with zero attached hydrogens (tertiary/aromatic N) is 3. The lowest BCUT2D eigenvalue weighted by molar-refractivity contribution is 0.0521. The monoisotopic (exact) mass is 268 g/mol. The van der Waals surface area contributed by atoms with Gasteiger partial charge in [0.15, 0.2) is 5.69 Å². The van der Waals surface area contributed by atoms with Crippen molar-refractivity contribution in [1.82, 2.24) is 14.5 Å². The molecule has 0 aliphatic rings. The average molecular weight is 268 g/mol. The van der Waals surface area contributed by atoms with Crippen molar-refractivity contribution in [3.63, 3.8) is 0 Å². The van der Waals surface area contributed by atoms with Crippen LogP contribution >= 0.6 is 0 Å². The number of likely N-dealkylation sites (N-methyl/N-ethyl adjacent to an activating group) is 1. The molecule has 6 nitrogen and oxygen atoms in total. The predicted octanol–water partition coefficient (Wildman–Crippen LogP) is 1.16. The first-order valence-corrected chi connectivity index (χ1v) is 6.75. The number of carbonyl (C=O) groups is 1. The Morgan fingerprint density at radius 1 is 1.42 bits per heavy atom. The Morgan fingerprint density at radius 2 is 2.11 bits per heavy atom. The molecule has 0 bridgehead atoms. The molecular weight excluding hydrogens is 244 g/mol. The van der Waals surface area contributed by atoms with Gasteiger partial charge < -0.3 is 19.9 Å². The Morgan fingerprint density at radius 3 is 2.63 bits per heavy atom. The maximum Gasteiger partial charge on any atom is 0.360 e. The van der Waals surface area contributed by atoms with E-state index in [2.05, 4.69) is 16.8 Å². The fourth-order valence-electron chi connectivity index (χ4n) is 1.81. The zero-order chi connectivity index (χ0) is 14.4. The number of esters is 1. The standard InChI is InChI=1S/C13H24N4O2/c1-5-10-15-11(13(18)19-7-3)12(14)17(10)9-8-16(4)6-2/h5-9,14H2,1-4H3. The lowest BCUT2D eigenvalue weighted by Crippen LogP contribution is -2.24. The first-order chi connectivity index (χ1) is 9.04. The van der Waals surface area contributed by atoms with Crippen molar-refractivity contribution in [2.24, 2.45) is 0 Å². The third kappa shape index (κ3) is 3.70. The number of rotatable bonds is 7. The summed E-state index contributed by atoms with van der Waals surface area (Å²) in [6.07, 6.45) is 0.736. The van der Waals surface area contributed by atoms with Gasteiger partial charge in [-0.05, 0) is 20.5 Å². The van der Waals surface area contributed by atoms with E-state index >= 15 is 0 Å². The highest BCUT2D eigenvalue weighted by molar-refractivity contribution is 5.92. The normalized spacial score (nSPS) is 11.0. The molecule has 1 aromatic rings. The molecule has 1 aromatic heterocycles. The topological polar surface area (TPSA) is 73.4 Å². The van der Waals surface area contributed by atoms with Crippen LogP contribution < -0.4 is 5.73 Å². The van der Waals surface area contributed by atoms with Crippen LogP contribution in [0.1, 0.15) is 37.1 Å². The smallest absolute Gasteiger partial charge is 0.360 e. The zero-order valence-corrected chi connectivity index (χ0v) is 12.3. The number of imidazole rings is 1. The van der Waals surface area contributed by atoms with Gasteiger partial charge in [-0.1, -0.05) is 13.8 Å². The molecule has 0 spiro atoms. The summed E-state index contributed by atoms with van der Waals surface area (Å²) in [5, 5.41) is 0. The van der Waals surface area contributed by atoms with E-state index in [0.29, 0.717) is 12.4 Å². The van der Waals surface area contributed by atoms with Gasteiger partial charge >= 0.3 is 5.97 Å². The van der Waals surface area contributed by atoms with Gasteiger partial charge in [-0.15, -0.1) is 0 Å². The Bertz CT molecular complexity index is 429. The summed E-state index contributed by atoms with van der Waals surface area (Å²) in [5.74, 6) is 0.780. The molecule has 0 aromatic carbocycles. The van der Waals surface area contributed by atoms with Crippen molar-refractivity contribution >= 4 is 11.8 Å². The summed E-state index contributed by atoms with van der Waals surface area (Å²) in [7, 11) is 2.05. The number of carbonyl (C=O) groups excluding carboxylic acids is 1. The second kappa shape index (κ2) is 7.13. The second-order valence-electron chi connectivity index (χ2n) is 4.38. The number of hydrogen-bond acceptors (Lipinski definition) is 5. The van der Waals surface area contributed by atoms with Crippen molar-refractivity contribution in [1.29, 1.82) is 0 Å². The molecule has 0 atom stereocenters. The van der Waals surface area contributed by atoms with Crippen LogP contribution in [0.3, 0.4) is 0 Å². The minimum Gasteiger partial charge on any atom is -0.461 e. The van der Waals surface area contributed by atoms with Crippen LogP contribution in [0.25, 0.3) is 0 Å². The molecule has 0 radical (unpaired) electrons. The van der Waals surface area contributed by atoms with Gasteiger partial charge in [-0.3, -0.25) is 0 Å². The third-order valence-electron chi connectivity index (χ3n) is 3.12. The van der Waals surface area contributed by atoms with Gasteiger partial charge in [0.2, 0.25) is 0 Å². The Hall–Kier alpha value is -1.56. The van der Waals surface area contributed by atoms with E-state index in [1.165, 1.54) is 0 Å². The Balaban J connectivity index is 2.93. The SMILES string of the molecule is CCOC(=O)c1nc(CC)n(CCN(C)CC)c1N. The van der Waals surface area contributed by atoms with Crippen LogP contribution in [0.4, 0.5) is 5.82 Å². The van der Waals surface area contributed by atoms with E-state index in [9.17, 15) is 4.79 Å². The molecule has 19 heavy (non-hydrogen) atoms. The summed E-state index contributed by atoms with van der Waals surface area (Å²) >= 11 is 0. The molecule has 0 amide bonds. The fourth-order valence-corrected chi connectivity index (χ4v) is 1.81. The van der Waals surface area contributed by atoms with E-state index in [1.807, 2.05) is 18.5 Å². The largest absolute Gasteiger partial charge is 0.461 e. The molecule has 0 aliphatic heterocycles. The van der Waals surface area contributed by atoms with Crippen molar-refractivity contribution < 1.29 is 9.53 Å². The number of aromatic nitrogens is 2. The number of anilines is 1. The maximum atomic E-state index is 11.8. The van der Waals surface area contributed by atoms with Crippen molar-refractivity contribution in [3.05, 3.63) is 11.5 Å². The van der Waals surface area contributed by atoms with E-state index in [0.717, 1.165) is 31.9 Å². The van der Waals surface area contributed by atoms with Gasteiger partial charge in [0.25, 0.3) is 0 Å². The fraction of sp³-hybridized carbons (Fsp3) is 0.692. The number of nitrogens with two attached hydrogens (primary N) is 1. The van der Waals surface area contributed by atoms with Gasteiger partial charge in [0.1, 0.15) is 11.6 Å². The van der Waals surface area contributed by atoms with E-state index in [1.54, 1.807) is 6.92 Å². The molecule has 0 saturated heterocycles. The third-order valence-corrected chi connectivity index (χ3v) is 3.12. The zero-order valence-electron chi connectivity index (χ0n) is 12.3. The summed E-state index contributed by atoms with van der Waals surface area (Å²) in [6.45, 7) is 8.75. The van der Waals surface area contributed by atoms with Gasteiger partial charge in [0.05, 0.1) is 6.61 Å². The highest BCUT2D eigenvalue weighted by atomic mass is 16.5. The van der Waals surface area contributed by atoms with E-state index < -0.39 is 5.97 Å². The molecule has 108 valence electrons. The first-order valence-electron chi connectivity index (χ1n) is 6.75. The molecule has 6 heteroatoms. The van der Waals surface area contributed by atoms with Crippen LogP contribution in [0.2, 0.25) is 0 Å².